The summed E-state index contributed by atoms with van der Waals surface area (Å²) in [5, 5.41) is 0.384. The van der Waals surface area contributed by atoms with Gasteiger partial charge in [-0.2, -0.15) is 0 Å². The molecule has 0 unspecified atom stereocenters. The van der Waals surface area contributed by atoms with Crippen LogP contribution in [0.4, 0.5) is 11.4 Å². The number of halogens is 1. The van der Waals surface area contributed by atoms with E-state index in [0.717, 1.165) is 6.26 Å². The van der Waals surface area contributed by atoms with Gasteiger partial charge in [0.2, 0.25) is 10.0 Å². The van der Waals surface area contributed by atoms with Gasteiger partial charge in [0, 0.05) is 18.4 Å². The predicted molar refractivity (Wildman–Crippen MR) is 89.1 cm³/mol. The summed E-state index contributed by atoms with van der Waals surface area (Å²) in [6.45, 7) is 0. The number of carbonyl (C=O) groups is 1. The molecule has 2 aromatic rings. The number of carbonyl (C=O) groups excluding carboxylic acids is 1. The Morgan fingerprint density at radius 2 is 1.68 bits per heavy atom. The molecule has 0 aliphatic heterocycles. The molecule has 0 saturated heterocycles. The maximum Gasteiger partial charge on any atom is 0.259 e. The Hall–Kier alpha value is -2.05. The van der Waals surface area contributed by atoms with Crippen molar-refractivity contribution < 1.29 is 13.2 Å². The predicted octanol–water partition coefficient (Wildman–Crippen LogP) is 2.99. The first-order valence-corrected chi connectivity index (χ1v) is 8.65. The van der Waals surface area contributed by atoms with Crippen LogP contribution in [0.2, 0.25) is 5.02 Å². The van der Waals surface area contributed by atoms with Crippen molar-refractivity contribution in [1.82, 2.24) is 0 Å². The smallest absolute Gasteiger partial charge is 0.259 e. The van der Waals surface area contributed by atoms with E-state index in [4.69, 9.17) is 11.6 Å². The molecule has 0 spiro atoms. The van der Waals surface area contributed by atoms with Crippen molar-refractivity contribution in [3.8, 4) is 0 Å². The van der Waals surface area contributed by atoms with Crippen LogP contribution in [0, 0.1) is 0 Å². The summed E-state index contributed by atoms with van der Waals surface area (Å²) in [6.07, 6.45) is 1.08. The number of benzene rings is 2. The van der Waals surface area contributed by atoms with Crippen LogP contribution in [-0.2, 0) is 10.0 Å². The van der Waals surface area contributed by atoms with Crippen LogP contribution in [0.1, 0.15) is 10.4 Å². The van der Waals surface area contributed by atoms with Gasteiger partial charge in [0.25, 0.3) is 5.91 Å². The van der Waals surface area contributed by atoms with Crippen molar-refractivity contribution in [2.24, 2.45) is 0 Å². The molecular weight excluding hydrogens is 324 g/mol. The van der Waals surface area contributed by atoms with E-state index in [1.54, 1.807) is 55.6 Å². The Morgan fingerprint density at radius 1 is 1.09 bits per heavy atom. The lowest BCUT2D eigenvalue weighted by Crippen LogP contribution is -2.26. The standard InChI is InChI=1S/C15H15ClN2O3S/c1-18(15(19)13-5-3-4-6-14(13)16)12-9-7-11(8-10-12)17-22(2,20)21/h3-10,17H,1-2H3. The summed E-state index contributed by atoms with van der Waals surface area (Å²) >= 11 is 6.02. The lowest BCUT2D eigenvalue weighted by molar-refractivity contribution is 0.0993. The first-order chi connectivity index (χ1) is 10.3. The number of sulfonamides is 1. The quantitative estimate of drug-likeness (QED) is 0.932. The van der Waals surface area contributed by atoms with Gasteiger partial charge >= 0.3 is 0 Å². The number of hydrogen-bond acceptors (Lipinski definition) is 3. The molecule has 22 heavy (non-hydrogen) atoms. The van der Waals surface area contributed by atoms with Crippen molar-refractivity contribution in [2.45, 2.75) is 0 Å². The minimum atomic E-state index is -3.32. The monoisotopic (exact) mass is 338 g/mol. The summed E-state index contributed by atoms with van der Waals surface area (Å²) < 4.78 is 24.7. The molecule has 1 amide bonds. The van der Waals surface area contributed by atoms with Crippen LogP contribution in [0.3, 0.4) is 0 Å². The van der Waals surface area contributed by atoms with Crippen molar-refractivity contribution in [3.63, 3.8) is 0 Å². The first kappa shape index (κ1) is 16.3. The highest BCUT2D eigenvalue weighted by Crippen LogP contribution is 2.22. The van der Waals surface area contributed by atoms with Crippen LogP contribution >= 0.6 is 11.6 Å². The van der Waals surface area contributed by atoms with Crippen molar-refractivity contribution in [2.75, 3.05) is 22.9 Å². The van der Waals surface area contributed by atoms with E-state index >= 15 is 0 Å². The first-order valence-electron chi connectivity index (χ1n) is 6.38. The largest absolute Gasteiger partial charge is 0.311 e. The van der Waals surface area contributed by atoms with E-state index in [1.165, 1.54) is 4.90 Å². The van der Waals surface area contributed by atoms with Gasteiger partial charge in [-0.15, -0.1) is 0 Å². The molecule has 0 aliphatic carbocycles. The fourth-order valence-electron chi connectivity index (χ4n) is 1.90. The molecule has 0 aliphatic rings. The number of nitrogens with zero attached hydrogens (tertiary/aromatic N) is 1. The molecule has 7 heteroatoms. The average molecular weight is 339 g/mol. The van der Waals surface area contributed by atoms with Crippen LogP contribution in [0.5, 0.6) is 0 Å². The lowest BCUT2D eigenvalue weighted by atomic mass is 10.2. The number of hydrogen-bond donors (Lipinski definition) is 1. The molecule has 2 rings (SSSR count). The van der Waals surface area contributed by atoms with E-state index in [9.17, 15) is 13.2 Å². The molecular formula is C15H15ClN2O3S. The molecule has 0 atom stereocenters. The van der Waals surface area contributed by atoms with E-state index in [0.29, 0.717) is 22.0 Å². The number of rotatable bonds is 4. The minimum Gasteiger partial charge on any atom is -0.311 e. The highest BCUT2D eigenvalue weighted by atomic mass is 35.5. The SMILES string of the molecule is CN(C(=O)c1ccccc1Cl)c1ccc(NS(C)(=O)=O)cc1. The molecule has 0 bridgehead atoms. The van der Waals surface area contributed by atoms with Crippen molar-refractivity contribution in [3.05, 3.63) is 59.1 Å². The molecule has 0 aromatic heterocycles. The van der Waals surface area contributed by atoms with E-state index in [1.807, 2.05) is 0 Å². The Bertz CT molecular complexity index is 789. The van der Waals surface area contributed by atoms with Crippen LogP contribution in [0.25, 0.3) is 0 Å². The molecule has 0 radical (unpaired) electrons. The zero-order chi connectivity index (χ0) is 16.3. The third kappa shape index (κ3) is 3.99. The summed E-state index contributed by atoms with van der Waals surface area (Å²) in [5.74, 6) is -0.241. The molecule has 116 valence electrons. The number of amides is 1. The summed E-state index contributed by atoms with van der Waals surface area (Å²) in [6, 6.07) is 13.3. The summed E-state index contributed by atoms with van der Waals surface area (Å²) in [4.78, 5) is 13.9. The highest BCUT2D eigenvalue weighted by Gasteiger charge is 2.16. The number of anilines is 2. The maximum absolute atomic E-state index is 12.4. The summed E-state index contributed by atoms with van der Waals surface area (Å²) in [5.41, 5.74) is 1.47. The van der Waals surface area contributed by atoms with Crippen molar-refractivity contribution in [1.29, 1.82) is 0 Å². The molecule has 5 nitrogen and oxygen atoms in total. The highest BCUT2D eigenvalue weighted by molar-refractivity contribution is 7.92. The normalized spacial score (nSPS) is 11.0. The minimum absolute atomic E-state index is 0.241. The van der Waals surface area contributed by atoms with Crippen LogP contribution in [-0.4, -0.2) is 27.6 Å². The molecule has 2 aromatic carbocycles. The topological polar surface area (TPSA) is 66.5 Å². The maximum atomic E-state index is 12.4. The van der Waals surface area contributed by atoms with E-state index in [-0.39, 0.29) is 5.91 Å². The second-order valence-electron chi connectivity index (χ2n) is 4.77. The Balaban J connectivity index is 2.21. The van der Waals surface area contributed by atoms with Crippen molar-refractivity contribution >= 4 is 38.9 Å². The Labute approximate surface area is 134 Å². The van der Waals surface area contributed by atoms with Gasteiger partial charge in [-0.3, -0.25) is 9.52 Å². The molecule has 0 saturated carbocycles. The van der Waals surface area contributed by atoms with Gasteiger partial charge in [0.1, 0.15) is 0 Å². The van der Waals surface area contributed by atoms with Gasteiger partial charge in [-0.25, -0.2) is 8.42 Å². The second kappa shape index (κ2) is 6.37. The zero-order valence-electron chi connectivity index (χ0n) is 12.1. The fourth-order valence-corrected chi connectivity index (χ4v) is 2.68. The second-order valence-corrected chi connectivity index (χ2v) is 6.92. The van der Waals surface area contributed by atoms with E-state index < -0.39 is 10.0 Å². The fraction of sp³-hybridized carbons (Fsp3) is 0.133. The zero-order valence-corrected chi connectivity index (χ0v) is 13.6. The van der Waals surface area contributed by atoms with Gasteiger partial charge in [0.05, 0.1) is 16.8 Å². The molecule has 0 fully saturated rings. The summed E-state index contributed by atoms with van der Waals surface area (Å²) in [7, 11) is -1.69. The van der Waals surface area contributed by atoms with Crippen LogP contribution in [0.15, 0.2) is 48.5 Å². The Morgan fingerprint density at radius 3 is 2.23 bits per heavy atom. The van der Waals surface area contributed by atoms with Gasteiger partial charge in [0.15, 0.2) is 0 Å². The third-order valence-electron chi connectivity index (χ3n) is 2.97. The Kier molecular flexibility index (Phi) is 4.73. The van der Waals surface area contributed by atoms with Gasteiger partial charge in [-0.1, -0.05) is 23.7 Å². The van der Waals surface area contributed by atoms with E-state index in [2.05, 4.69) is 4.72 Å². The lowest BCUT2D eigenvalue weighted by Gasteiger charge is -2.18. The number of nitrogens with one attached hydrogen (secondary N) is 1. The average Bonchev–Trinajstić information content (AvgIpc) is 2.45. The molecule has 1 N–H and O–H groups in total. The third-order valence-corrected chi connectivity index (χ3v) is 3.90. The van der Waals surface area contributed by atoms with Gasteiger partial charge < -0.3 is 4.90 Å². The van der Waals surface area contributed by atoms with Crippen LogP contribution < -0.4 is 9.62 Å². The van der Waals surface area contributed by atoms with Gasteiger partial charge in [-0.05, 0) is 36.4 Å². The molecule has 0 heterocycles.